The van der Waals surface area contributed by atoms with E-state index in [9.17, 15) is 4.39 Å². The number of likely N-dealkylation sites (tertiary alicyclic amines) is 1. The van der Waals surface area contributed by atoms with Crippen molar-refractivity contribution in [3.05, 3.63) is 40.7 Å². The van der Waals surface area contributed by atoms with E-state index in [0.717, 1.165) is 35.3 Å². The molecule has 0 bridgehead atoms. The average molecular weight is 361 g/mol. The lowest BCUT2D eigenvalue weighted by molar-refractivity contribution is 0.163. The van der Waals surface area contributed by atoms with Crippen LogP contribution in [0.15, 0.2) is 24.3 Å². The molecule has 2 saturated heterocycles. The molecule has 1 atom stereocenters. The Bertz CT molecular complexity index is 711. The van der Waals surface area contributed by atoms with Crippen molar-refractivity contribution in [3.8, 4) is 0 Å². The van der Waals surface area contributed by atoms with Crippen molar-refractivity contribution in [2.24, 2.45) is 0 Å². The summed E-state index contributed by atoms with van der Waals surface area (Å²) in [6.45, 7) is 5.71. The summed E-state index contributed by atoms with van der Waals surface area (Å²) in [5.41, 5.74) is 0.687. The number of hydrogen-bond donors (Lipinski definition) is 0. The Labute approximate surface area is 152 Å². The van der Waals surface area contributed by atoms with Gasteiger partial charge in [-0.05, 0) is 50.8 Å². The Kier molecular flexibility index (Phi) is 4.99. The van der Waals surface area contributed by atoms with Gasteiger partial charge in [-0.2, -0.15) is 0 Å². The monoisotopic (exact) mass is 360 g/mol. The van der Waals surface area contributed by atoms with Crippen LogP contribution < -0.4 is 4.90 Å². The first-order chi connectivity index (χ1) is 12.2. The van der Waals surface area contributed by atoms with E-state index in [4.69, 9.17) is 0 Å². The Morgan fingerprint density at radius 1 is 1.12 bits per heavy atom. The smallest absolute Gasteiger partial charge is 0.208 e. The third kappa shape index (κ3) is 3.70. The predicted molar refractivity (Wildman–Crippen MR) is 99.8 cm³/mol. The van der Waals surface area contributed by atoms with E-state index in [2.05, 4.69) is 26.9 Å². The molecule has 6 heteroatoms. The van der Waals surface area contributed by atoms with E-state index in [1.165, 1.54) is 38.3 Å². The molecule has 134 valence electrons. The van der Waals surface area contributed by atoms with Gasteiger partial charge in [-0.1, -0.05) is 29.5 Å². The molecule has 0 N–H and O–H groups in total. The number of aromatic nitrogens is 2. The molecule has 0 amide bonds. The summed E-state index contributed by atoms with van der Waals surface area (Å²) in [7, 11) is 0. The van der Waals surface area contributed by atoms with Crippen LogP contribution >= 0.6 is 11.3 Å². The third-order valence-electron chi connectivity index (χ3n) is 5.56. The second-order valence-corrected chi connectivity index (χ2v) is 8.23. The SMILES string of the molecule is CC1CCCN1C1CCN(c2nnc(Cc3ccccc3F)s2)CC1. The van der Waals surface area contributed by atoms with E-state index in [1.54, 1.807) is 17.4 Å². The highest BCUT2D eigenvalue weighted by molar-refractivity contribution is 7.15. The highest BCUT2D eigenvalue weighted by atomic mass is 32.1. The number of rotatable bonds is 4. The lowest BCUT2D eigenvalue weighted by Gasteiger charge is -2.38. The Morgan fingerprint density at radius 2 is 1.92 bits per heavy atom. The highest BCUT2D eigenvalue weighted by Gasteiger charge is 2.31. The molecule has 1 aromatic carbocycles. The first-order valence-electron chi connectivity index (χ1n) is 9.27. The van der Waals surface area contributed by atoms with Gasteiger partial charge in [0.2, 0.25) is 5.13 Å². The summed E-state index contributed by atoms with van der Waals surface area (Å²) in [6, 6.07) is 8.37. The molecule has 4 rings (SSSR count). The molecule has 4 nitrogen and oxygen atoms in total. The average Bonchev–Trinajstić information content (AvgIpc) is 3.26. The van der Waals surface area contributed by atoms with Gasteiger partial charge in [0.05, 0.1) is 0 Å². The topological polar surface area (TPSA) is 32.3 Å². The molecular formula is C19H25FN4S. The van der Waals surface area contributed by atoms with Crippen LogP contribution in [-0.4, -0.2) is 46.8 Å². The molecule has 2 aromatic rings. The van der Waals surface area contributed by atoms with E-state index in [-0.39, 0.29) is 5.82 Å². The van der Waals surface area contributed by atoms with Crippen LogP contribution in [-0.2, 0) is 6.42 Å². The maximum Gasteiger partial charge on any atom is 0.208 e. The second-order valence-electron chi connectivity index (χ2n) is 7.19. The van der Waals surface area contributed by atoms with Gasteiger partial charge in [0.15, 0.2) is 0 Å². The van der Waals surface area contributed by atoms with Gasteiger partial charge in [0, 0.05) is 31.6 Å². The van der Waals surface area contributed by atoms with Crippen LogP contribution in [0, 0.1) is 5.82 Å². The normalized spacial score (nSPS) is 22.6. The van der Waals surface area contributed by atoms with Gasteiger partial charge < -0.3 is 4.90 Å². The zero-order valence-electron chi connectivity index (χ0n) is 14.7. The minimum atomic E-state index is -0.167. The lowest BCUT2D eigenvalue weighted by Crippen LogP contribution is -2.46. The third-order valence-corrected chi connectivity index (χ3v) is 6.55. The molecule has 25 heavy (non-hydrogen) atoms. The van der Waals surface area contributed by atoms with Crippen molar-refractivity contribution < 1.29 is 4.39 Å². The van der Waals surface area contributed by atoms with Crippen molar-refractivity contribution in [2.45, 2.75) is 51.1 Å². The number of benzene rings is 1. The van der Waals surface area contributed by atoms with Crippen LogP contribution in [0.1, 0.15) is 43.2 Å². The molecule has 1 unspecified atom stereocenters. The fourth-order valence-electron chi connectivity index (χ4n) is 4.14. The second kappa shape index (κ2) is 7.38. The summed E-state index contributed by atoms with van der Waals surface area (Å²) in [6.07, 6.45) is 5.61. The van der Waals surface area contributed by atoms with Crippen molar-refractivity contribution in [2.75, 3.05) is 24.5 Å². The quantitative estimate of drug-likeness (QED) is 0.832. The summed E-state index contributed by atoms with van der Waals surface area (Å²) < 4.78 is 13.8. The highest BCUT2D eigenvalue weighted by Crippen LogP contribution is 2.29. The zero-order valence-corrected chi connectivity index (χ0v) is 15.5. The zero-order chi connectivity index (χ0) is 17.2. The molecule has 1 aromatic heterocycles. The molecule has 2 aliphatic rings. The number of piperidine rings is 1. The van der Waals surface area contributed by atoms with Crippen LogP contribution in [0.5, 0.6) is 0 Å². The fraction of sp³-hybridized carbons (Fsp3) is 0.579. The number of hydrogen-bond acceptors (Lipinski definition) is 5. The Morgan fingerprint density at radius 3 is 2.64 bits per heavy atom. The number of nitrogens with zero attached hydrogens (tertiary/aromatic N) is 4. The summed E-state index contributed by atoms with van der Waals surface area (Å²) in [5.74, 6) is -0.167. The van der Waals surface area contributed by atoms with Crippen molar-refractivity contribution in [1.82, 2.24) is 15.1 Å². The number of anilines is 1. The first kappa shape index (κ1) is 16.9. The molecule has 3 heterocycles. The number of halogens is 1. The molecule has 0 radical (unpaired) electrons. The van der Waals surface area contributed by atoms with Crippen molar-refractivity contribution >= 4 is 16.5 Å². The lowest BCUT2D eigenvalue weighted by atomic mass is 10.0. The van der Waals surface area contributed by atoms with Crippen LogP contribution in [0.2, 0.25) is 0 Å². The van der Waals surface area contributed by atoms with E-state index in [1.807, 2.05) is 12.1 Å². The van der Waals surface area contributed by atoms with E-state index >= 15 is 0 Å². The molecule has 0 spiro atoms. The van der Waals surface area contributed by atoms with Gasteiger partial charge in [-0.3, -0.25) is 4.90 Å². The molecule has 0 aliphatic carbocycles. The van der Waals surface area contributed by atoms with Gasteiger partial charge in [-0.15, -0.1) is 10.2 Å². The maximum absolute atomic E-state index is 13.8. The van der Waals surface area contributed by atoms with Crippen LogP contribution in [0.4, 0.5) is 9.52 Å². The minimum absolute atomic E-state index is 0.167. The van der Waals surface area contributed by atoms with Gasteiger partial charge in [0.1, 0.15) is 10.8 Å². The summed E-state index contributed by atoms with van der Waals surface area (Å²) >= 11 is 1.60. The van der Waals surface area contributed by atoms with E-state index in [0.29, 0.717) is 12.0 Å². The van der Waals surface area contributed by atoms with Crippen molar-refractivity contribution in [1.29, 1.82) is 0 Å². The molecule has 2 fully saturated rings. The van der Waals surface area contributed by atoms with Crippen LogP contribution in [0.3, 0.4) is 0 Å². The van der Waals surface area contributed by atoms with E-state index < -0.39 is 0 Å². The predicted octanol–water partition coefficient (Wildman–Crippen LogP) is 3.72. The van der Waals surface area contributed by atoms with Crippen molar-refractivity contribution in [3.63, 3.8) is 0 Å². The standard InChI is InChI=1S/C19H25FN4S/c1-14-5-4-10-24(14)16-8-11-23(12-9-16)19-22-21-18(25-19)13-15-6-2-3-7-17(15)20/h2-3,6-7,14,16H,4-5,8-13H2,1H3. The van der Waals surface area contributed by atoms with Gasteiger partial charge in [-0.25, -0.2) is 4.39 Å². The largest absolute Gasteiger partial charge is 0.347 e. The molecule has 0 saturated carbocycles. The minimum Gasteiger partial charge on any atom is -0.347 e. The summed E-state index contributed by atoms with van der Waals surface area (Å²) in [5, 5.41) is 10.5. The maximum atomic E-state index is 13.8. The molecule has 2 aliphatic heterocycles. The molecular weight excluding hydrogens is 335 g/mol. The fourth-order valence-corrected chi connectivity index (χ4v) is 5.05. The summed E-state index contributed by atoms with van der Waals surface area (Å²) in [4.78, 5) is 5.04. The van der Waals surface area contributed by atoms with Crippen LogP contribution in [0.25, 0.3) is 0 Å². The first-order valence-corrected chi connectivity index (χ1v) is 10.1. The van der Waals surface area contributed by atoms with Gasteiger partial charge in [0.25, 0.3) is 0 Å². The Balaban J connectivity index is 1.36. The van der Waals surface area contributed by atoms with Gasteiger partial charge >= 0.3 is 0 Å². The Hall–Kier alpha value is -1.53.